The lowest BCUT2D eigenvalue weighted by Gasteiger charge is -2.20. The van der Waals surface area contributed by atoms with Crippen molar-refractivity contribution in [2.45, 2.75) is 33.5 Å². The molecule has 0 unspecified atom stereocenters. The number of nitrogens with zero attached hydrogens (tertiary/aromatic N) is 1. The summed E-state index contributed by atoms with van der Waals surface area (Å²) < 4.78 is 5.89. The van der Waals surface area contributed by atoms with Crippen LogP contribution in [0.5, 0.6) is 5.75 Å². The van der Waals surface area contributed by atoms with Crippen molar-refractivity contribution in [3.05, 3.63) is 28.8 Å². The second-order valence-corrected chi connectivity index (χ2v) is 9.19. The molecule has 0 saturated carbocycles. The Balaban J connectivity index is 3.11. The summed E-state index contributed by atoms with van der Waals surface area (Å²) in [6.07, 6.45) is 0. The molecule has 1 aromatic carbocycles. The molecular formula is C12H17NOSi. The van der Waals surface area contributed by atoms with Crippen molar-refractivity contribution >= 4 is 8.32 Å². The number of hydrogen-bond acceptors (Lipinski definition) is 2. The average molecular weight is 219 g/mol. The summed E-state index contributed by atoms with van der Waals surface area (Å²) in [6.45, 7) is 10.3. The Morgan fingerprint density at radius 2 is 1.60 bits per heavy atom. The van der Waals surface area contributed by atoms with Gasteiger partial charge in [0.15, 0.2) is 0 Å². The molecule has 0 bridgehead atoms. The van der Waals surface area contributed by atoms with Gasteiger partial charge in [-0.25, -0.2) is 0 Å². The summed E-state index contributed by atoms with van der Waals surface area (Å²) in [5, 5.41) is 8.94. The van der Waals surface area contributed by atoms with Gasteiger partial charge in [0.1, 0.15) is 5.75 Å². The number of rotatable bonds is 2. The summed E-state index contributed by atoms with van der Waals surface area (Å²) in [5.74, 6) is 0.892. The molecule has 0 radical (unpaired) electrons. The fraction of sp³-hybridized carbons (Fsp3) is 0.417. The van der Waals surface area contributed by atoms with Crippen LogP contribution in [0.15, 0.2) is 12.1 Å². The van der Waals surface area contributed by atoms with Gasteiger partial charge < -0.3 is 4.43 Å². The lowest BCUT2D eigenvalue weighted by atomic mass is 10.0. The predicted octanol–water partition coefficient (Wildman–Crippen LogP) is 3.39. The van der Waals surface area contributed by atoms with Crippen molar-refractivity contribution in [3.8, 4) is 11.8 Å². The number of benzene rings is 1. The highest BCUT2D eigenvalue weighted by molar-refractivity contribution is 6.70. The molecule has 1 rings (SSSR count). The van der Waals surface area contributed by atoms with Crippen molar-refractivity contribution in [1.82, 2.24) is 0 Å². The van der Waals surface area contributed by atoms with Crippen LogP contribution in [0.3, 0.4) is 0 Å². The molecule has 0 atom stereocenters. The first-order valence-corrected chi connectivity index (χ1v) is 8.44. The molecule has 0 fully saturated rings. The highest BCUT2D eigenvalue weighted by atomic mass is 28.4. The molecule has 3 heteroatoms. The van der Waals surface area contributed by atoms with E-state index in [4.69, 9.17) is 9.69 Å². The molecule has 0 aliphatic rings. The lowest BCUT2D eigenvalue weighted by molar-refractivity contribution is 0.556. The molecule has 0 spiro atoms. The maximum absolute atomic E-state index is 8.94. The van der Waals surface area contributed by atoms with Crippen LogP contribution in [0.25, 0.3) is 0 Å². The Morgan fingerprint density at radius 3 is 1.93 bits per heavy atom. The van der Waals surface area contributed by atoms with Crippen molar-refractivity contribution < 1.29 is 4.43 Å². The van der Waals surface area contributed by atoms with E-state index in [9.17, 15) is 0 Å². The molecule has 0 aromatic heterocycles. The van der Waals surface area contributed by atoms with Gasteiger partial charge in [-0.3, -0.25) is 0 Å². The normalized spacial score (nSPS) is 10.9. The maximum Gasteiger partial charge on any atom is 0.242 e. The molecular weight excluding hydrogens is 202 g/mol. The van der Waals surface area contributed by atoms with E-state index in [1.54, 1.807) is 0 Å². The Bertz CT molecular complexity index is 390. The van der Waals surface area contributed by atoms with Gasteiger partial charge in [0.25, 0.3) is 0 Å². The molecule has 0 saturated heterocycles. The van der Waals surface area contributed by atoms with E-state index in [-0.39, 0.29) is 0 Å². The van der Waals surface area contributed by atoms with Gasteiger partial charge in [0.05, 0.1) is 11.6 Å². The summed E-state index contributed by atoms with van der Waals surface area (Å²) in [6, 6.07) is 6.11. The number of hydrogen-bond donors (Lipinski definition) is 0. The van der Waals surface area contributed by atoms with Crippen LogP contribution in [0.4, 0.5) is 0 Å². The zero-order valence-corrected chi connectivity index (χ0v) is 11.0. The summed E-state index contributed by atoms with van der Waals surface area (Å²) >= 11 is 0. The van der Waals surface area contributed by atoms with Crippen LogP contribution in [0.2, 0.25) is 19.6 Å². The van der Waals surface area contributed by atoms with Crippen LogP contribution in [0, 0.1) is 25.2 Å². The largest absolute Gasteiger partial charge is 0.544 e. The van der Waals surface area contributed by atoms with Gasteiger partial charge in [-0.15, -0.1) is 0 Å². The fourth-order valence-corrected chi connectivity index (χ4v) is 2.34. The molecule has 0 heterocycles. The topological polar surface area (TPSA) is 33.0 Å². The van der Waals surface area contributed by atoms with Gasteiger partial charge in [0, 0.05) is 0 Å². The minimum absolute atomic E-state index is 0.762. The van der Waals surface area contributed by atoms with Gasteiger partial charge in [-0.2, -0.15) is 5.26 Å². The third-order valence-corrected chi connectivity index (χ3v) is 2.89. The van der Waals surface area contributed by atoms with Crippen LogP contribution in [-0.2, 0) is 0 Å². The predicted molar refractivity (Wildman–Crippen MR) is 64.6 cm³/mol. The Hall–Kier alpha value is -1.27. The molecule has 0 aliphatic carbocycles. The van der Waals surface area contributed by atoms with E-state index in [1.807, 2.05) is 26.0 Å². The lowest BCUT2D eigenvalue weighted by Crippen LogP contribution is -2.29. The Labute approximate surface area is 92.6 Å². The van der Waals surface area contributed by atoms with Crippen LogP contribution in [-0.4, -0.2) is 8.32 Å². The highest BCUT2D eigenvalue weighted by Gasteiger charge is 2.17. The molecule has 0 aliphatic heterocycles. The summed E-state index contributed by atoms with van der Waals surface area (Å²) in [7, 11) is -1.55. The van der Waals surface area contributed by atoms with Crippen molar-refractivity contribution in [1.29, 1.82) is 5.26 Å². The first-order valence-electron chi connectivity index (χ1n) is 5.04. The van der Waals surface area contributed by atoms with Crippen molar-refractivity contribution in [2.24, 2.45) is 0 Å². The average Bonchev–Trinajstić information content (AvgIpc) is 1.99. The summed E-state index contributed by atoms with van der Waals surface area (Å²) in [4.78, 5) is 0. The first kappa shape index (κ1) is 11.8. The van der Waals surface area contributed by atoms with Gasteiger partial charge in [-0.05, 0) is 56.7 Å². The second kappa shape index (κ2) is 4.07. The molecule has 80 valence electrons. The van der Waals surface area contributed by atoms with E-state index in [2.05, 4.69) is 25.7 Å². The quantitative estimate of drug-likeness (QED) is 0.714. The first-order chi connectivity index (χ1) is 6.83. The van der Waals surface area contributed by atoms with Crippen molar-refractivity contribution in [2.75, 3.05) is 0 Å². The highest BCUT2D eigenvalue weighted by Crippen LogP contribution is 2.23. The standard InChI is InChI=1S/C12H17NOSi/c1-9-6-11(14-15(3,4)5)7-10(2)12(9)8-13/h6-7H,1-5H3. The van der Waals surface area contributed by atoms with Gasteiger partial charge in [-0.1, -0.05) is 0 Å². The van der Waals surface area contributed by atoms with Gasteiger partial charge >= 0.3 is 0 Å². The minimum atomic E-state index is -1.55. The van der Waals surface area contributed by atoms with E-state index in [0.717, 1.165) is 22.4 Å². The Morgan fingerprint density at radius 1 is 1.13 bits per heavy atom. The van der Waals surface area contributed by atoms with Crippen molar-refractivity contribution in [3.63, 3.8) is 0 Å². The molecule has 15 heavy (non-hydrogen) atoms. The molecule has 2 nitrogen and oxygen atoms in total. The van der Waals surface area contributed by atoms with E-state index in [1.165, 1.54) is 0 Å². The second-order valence-electron chi connectivity index (χ2n) is 4.76. The zero-order valence-electron chi connectivity index (χ0n) is 10.0. The fourth-order valence-electron chi connectivity index (χ4n) is 1.51. The van der Waals surface area contributed by atoms with E-state index >= 15 is 0 Å². The minimum Gasteiger partial charge on any atom is -0.544 e. The third kappa shape index (κ3) is 3.10. The Kier molecular flexibility index (Phi) is 3.20. The maximum atomic E-state index is 8.94. The number of nitriles is 1. The SMILES string of the molecule is Cc1cc(O[Si](C)(C)C)cc(C)c1C#N. The summed E-state index contributed by atoms with van der Waals surface area (Å²) in [5.41, 5.74) is 2.74. The molecule has 1 aromatic rings. The number of aryl methyl sites for hydroxylation is 2. The van der Waals surface area contributed by atoms with Crippen LogP contribution < -0.4 is 4.43 Å². The molecule has 0 amide bonds. The van der Waals surface area contributed by atoms with Gasteiger partial charge in [0.2, 0.25) is 8.32 Å². The van der Waals surface area contributed by atoms with E-state index in [0.29, 0.717) is 0 Å². The smallest absolute Gasteiger partial charge is 0.242 e. The third-order valence-electron chi connectivity index (χ3n) is 2.04. The zero-order chi connectivity index (χ0) is 11.6. The monoisotopic (exact) mass is 219 g/mol. The van der Waals surface area contributed by atoms with Crippen LogP contribution in [0.1, 0.15) is 16.7 Å². The molecule has 0 N–H and O–H groups in total. The van der Waals surface area contributed by atoms with E-state index < -0.39 is 8.32 Å². The van der Waals surface area contributed by atoms with Crippen LogP contribution >= 0.6 is 0 Å².